The first-order chi connectivity index (χ1) is 11.4. The number of nitrogens with one attached hydrogen (secondary N) is 1. The van der Waals surface area contributed by atoms with Crippen LogP contribution in [0.15, 0.2) is 42.5 Å². The van der Waals surface area contributed by atoms with E-state index in [0.29, 0.717) is 15.6 Å². The molecule has 1 atom stereocenters. The molecule has 0 aliphatic rings. The van der Waals surface area contributed by atoms with E-state index in [1.807, 2.05) is 19.1 Å². The fraction of sp³-hybridized carbons (Fsp3) is 0.222. The summed E-state index contributed by atoms with van der Waals surface area (Å²) in [4.78, 5) is 23.9. The Bertz CT molecular complexity index is 762. The molecule has 0 radical (unpaired) electrons. The van der Waals surface area contributed by atoms with Gasteiger partial charge in [-0.1, -0.05) is 47.5 Å². The molecule has 0 bridgehead atoms. The van der Waals surface area contributed by atoms with Crippen LogP contribution in [0.4, 0.5) is 0 Å². The first-order valence-electron chi connectivity index (χ1n) is 7.35. The highest BCUT2D eigenvalue weighted by Gasteiger charge is 2.15. The molecule has 24 heavy (non-hydrogen) atoms. The fourth-order valence-electron chi connectivity index (χ4n) is 2.16. The Morgan fingerprint density at radius 1 is 1.12 bits per heavy atom. The van der Waals surface area contributed by atoms with Gasteiger partial charge in [-0.25, -0.2) is 4.79 Å². The maximum atomic E-state index is 12.0. The SMILES string of the molecule is Cc1ccccc1C(=O)OCC(=O)N[C@H](C)c1ccc(Cl)c(Cl)c1. The Morgan fingerprint density at radius 2 is 1.83 bits per heavy atom. The normalized spacial score (nSPS) is 11.7. The summed E-state index contributed by atoms with van der Waals surface area (Å²) in [7, 11) is 0. The van der Waals surface area contributed by atoms with Gasteiger partial charge in [0, 0.05) is 0 Å². The number of ether oxygens (including phenoxy) is 1. The predicted molar refractivity (Wildman–Crippen MR) is 94.5 cm³/mol. The van der Waals surface area contributed by atoms with Gasteiger partial charge in [-0.3, -0.25) is 4.79 Å². The number of carbonyl (C=O) groups excluding carboxylic acids is 2. The monoisotopic (exact) mass is 365 g/mol. The third-order valence-electron chi connectivity index (χ3n) is 3.52. The van der Waals surface area contributed by atoms with Gasteiger partial charge in [0.05, 0.1) is 21.7 Å². The summed E-state index contributed by atoms with van der Waals surface area (Å²) in [5.74, 6) is -0.916. The highest BCUT2D eigenvalue weighted by Crippen LogP contribution is 2.25. The lowest BCUT2D eigenvalue weighted by Crippen LogP contribution is -2.31. The van der Waals surface area contributed by atoms with E-state index in [0.717, 1.165) is 11.1 Å². The number of amides is 1. The predicted octanol–water partition coefficient (Wildman–Crippen LogP) is 4.34. The van der Waals surface area contributed by atoms with Gasteiger partial charge in [-0.2, -0.15) is 0 Å². The second kappa shape index (κ2) is 8.18. The van der Waals surface area contributed by atoms with Crippen molar-refractivity contribution in [3.05, 3.63) is 69.2 Å². The first kappa shape index (κ1) is 18.3. The van der Waals surface area contributed by atoms with Gasteiger partial charge in [0.1, 0.15) is 0 Å². The number of aryl methyl sites for hydroxylation is 1. The standard InChI is InChI=1S/C18H17Cl2NO3/c1-11-5-3-4-6-14(11)18(23)24-10-17(22)21-12(2)13-7-8-15(19)16(20)9-13/h3-9,12H,10H2,1-2H3,(H,21,22)/t12-/m1/s1. The van der Waals surface area contributed by atoms with Crippen LogP contribution in [0.1, 0.15) is 34.5 Å². The van der Waals surface area contributed by atoms with Gasteiger partial charge >= 0.3 is 5.97 Å². The quantitative estimate of drug-likeness (QED) is 0.801. The van der Waals surface area contributed by atoms with E-state index in [4.69, 9.17) is 27.9 Å². The van der Waals surface area contributed by atoms with E-state index >= 15 is 0 Å². The zero-order valence-electron chi connectivity index (χ0n) is 13.3. The number of benzene rings is 2. The van der Waals surface area contributed by atoms with Gasteiger partial charge < -0.3 is 10.1 Å². The van der Waals surface area contributed by atoms with Crippen molar-refractivity contribution in [1.29, 1.82) is 0 Å². The van der Waals surface area contributed by atoms with Crippen LogP contribution in [0.2, 0.25) is 10.0 Å². The van der Waals surface area contributed by atoms with Crippen molar-refractivity contribution in [3.8, 4) is 0 Å². The van der Waals surface area contributed by atoms with Crippen molar-refractivity contribution in [2.24, 2.45) is 0 Å². The smallest absolute Gasteiger partial charge is 0.338 e. The van der Waals surface area contributed by atoms with E-state index in [1.165, 1.54) is 0 Å². The lowest BCUT2D eigenvalue weighted by Gasteiger charge is -2.15. The molecule has 4 nitrogen and oxygen atoms in total. The number of rotatable bonds is 5. The van der Waals surface area contributed by atoms with Gasteiger partial charge in [-0.15, -0.1) is 0 Å². The zero-order chi connectivity index (χ0) is 17.7. The van der Waals surface area contributed by atoms with E-state index < -0.39 is 11.9 Å². The van der Waals surface area contributed by atoms with Crippen molar-refractivity contribution >= 4 is 35.1 Å². The minimum Gasteiger partial charge on any atom is -0.452 e. The molecule has 0 saturated heterocycles. The molecule has 0 heterocycles. The molecule has 0 unspecified atom stereocenters. The van der Waals surface area contributed by atoms with Crippen LogP contribution in [0.5, 0.6) is 0 Å². The molecule has 0 aliphatic carbocycles. The number of hydrogen-bond acceptors (Lipinski definition) is 3. The average molecular weight is 366 g/mol. The third-order valence-corrected chi connectivity index (χ3v) is 4.26. The maximum Gasteiger partial charge on any atom is 0.338 e. The van der Waals surface area contributed by atoms with Gasteiger partial charge in [0.2, 0.25) is 0 Å². The second-order valence-electron chi connectivity index (χ2n) is 5.35. The van der Waals surface area contributed by atoms with Gasteiger partial charge in [-0.05, 0) is 43.2 Å². The Kier molecular flexibility index (Phi) is 6.23. The largest absolute Gasteiger partial charge is 0.452 e. The molecule has 0 fully saturated rings. The molecule has 6 heteroatoms. The number of halogens is 2. The van der Waals surface area contributed by atoms with Crippen molar-refractivity contribution in [3.63, 3.8) is 0 Å². The summed E-state index contributed by atoms with van der Waals surface area (Å²) in [6.07, 6.45) is 0. The average Bonchev–Trinajstić information content (AvgIpc) is 2.55. The number of esters is 1. The van der Waals surface area contributed by atoms with E-state index in [1.54, 1.807) is 37.3 Å². The van der Waals surface area contributed by atoms with Crippen LogP contribution in [-0.2, 0) is 9.53 Å². The van der Waals surface area contributed by atoms with Crippen LogP contribution < -0.4 is 5.32 Å². The van der Waals surface area contributed by atoms with Crippen LogP contribution in [0, 0.1) is 6.92 Å². The van der Waals surface area contributed by atoms with E-state index in [9.17, 15) is 9.59 Å². The minimum atomic E-state index is -0.523. The topological polar surface area (TPSA) is 55.4 Å². The molecule has 2 rings (SSSR count). The van der Waals surface area contributed by atoms with E-state index in [-0.39, 0.29) is 12.6 Å². The minimum absolute atomic E-state index is 0.288. The summed E-state index contributed by atoms with van der Waals surface area (Å²) < 4.78 is 5.05. The Labute approximate surface area is 150 Å². The summed E-state index contributed by atoms with van der Waals surface area (Å²) in [5, 5.41) is 3.61. The summed E-state index contributed by atoms with van der Waals surface area (Å²) in [6.45, 7) is 3.27. The molecule has 0 spiro atoms. The van der Waals surface area contributed by atoms with Gasteiger partial charge in [0.15, 0.2) is 6.61 Å². The Balaban J connectivity index is 1.90. The Hall–Kier alpha value is -2.04. The van der Waals surface area contributed by atoms with Crippen LogP contribution in [0.25, 0.3) is 0 Å². The molecular formula is C18H17Cl2NO3. The number of hydrogen-bond donors (Lipinski definition) is 1. The maximum absolute atomic E-state index is 12.0. The van der Waals surface area contributed by atoms with Crippen LogP contribution in [-0.4, -0.2) is 18.5 Å². The highest BCUT2D eigenvalue weighted by atomic mass is 35.5. The summed E-state index contributed by atoms with van der Waals surface area (Å²) in [5.41, 5.74) is 2.05. The lowest BCUT2D eigenvalue weighted by atomic mass is 10.1. The molecule has 0 aliphatic heterocycles. The lowest BCUT2D eigenvalue weighted by molar-refractivity contribution is -0.124. The molecule has 0 aromatic heterocycles. The fourth-order valence-corrected chi connectivity index (χ4v) is 2.47. The second-order valence-corrected chi connectivity index (χ2v) is 6.17. The van der Waals surface area contributed by atoms with Crippen LogP contribution in [0.3, 0.4) is 0 Å². The highest BCUT2D eigenvalue weighted by molar-refractivity contribution is 6.42. The number of carbonyl (C=O) groups is 2. The van der Waals surface area contributed by atoms with Crippen molar-refractivity contribution in [1.82, 2.24) is 5.32 Å². The van der Waals surface area contributed by atoms with Crippen LogP contribution >= 0.6 is 23.2 Å². The van der Waals surface area contributed by atoms with Crippen molar-refractivity contribution in [2.45, 2.75) is 19.9 Å². The summed E-state index contributed by atoms with van der Waals surface area (Å²) >= 11 is 11.8. The molecule has 2 aromatic rings. The molecule has 0 saturated carbocycles. The molecule has 1 N–H and O–H groups in total. The van der Waals surface area contributed by atoms with Gasteiger partial charge in [0.25, 0.3) is 5.91 Å². The first-order valence-corrected chi connectivity index (χ1v) is 8.11. The van der Waals surface area contributed by atoms with E-state index in [2.05, 4.69) is 5.32 Å². The molecule has 126 valence electrons. The molecule has 2 aromatic carbocycles. The zero-order valence-corrected chi connectivity index (χ0v) is 14.8. The third kappa shape index (κ3) is 4.73. The molecular weight excluding hydrogens is 349 g/mol. The Morgan fingerprint density at radius 3 is 2.50 bits per heavy atom. The van der Waals surface area contributed by atoms with Crippen molar-refractivity contribution < 1.29 is 14.3 Å². The molecule has 1 amide bonds. The summed E-state index contributed by atoms with van der Waals surface area (Å²) in [6, 6.07) is 11.9. The van der Waals surface area contributed by atoms with Crippen molar-refractivity contribution in [2.75, 3.05) is 6.61 Å².